The van der Waals surface area contributed by atoms with E-state index >= 15 is 0 Å². The highest BCUT2D eigenvalue weighted by Gasteiger charge is 2.18. The molecule has 0 bridgehead atoms. The van der Waals surface area contributed by atoms with Crippen LogP contribution in [0.3, 0.4) is 0 Å². The number of rotatable bonds is 4. The third-order valence-corrected chi connectivity index (χ3v) is 3.16. The minimum atomic E-state index is -0.214. The van der Waals surface area contributed by atoms with Gasteiger partial charge in [-0.25, -0.2) is 0 Å². The first-order valence-corrected chi connectivity index (χ1v) is 6.13. The zero-order valence-corrected chi connectivity index (χ0v) is 11.1. The topological polar surface area (TPSA) is 48.4 Å². The lowest BCUT2D eigenvalue weighted by Gasteiger charge is -2.16. The van der Waals surface area contributed by atoms with E-state index in [1.54, 1.807) is 13.4 Å². The van der Waals surface area contributed by atoms with Crippen LogP contribution >= 0.6 is 0 Å². The average molecular weight is 245 g/mol. The quantitative estimate of drug-likeness (QED) is 0.899. The van der Waals surface area contributed by atoms with Gasteiger partial charge in [0.15, 0.2) is 0 Å². The molecule has 1 unspecified atom stereocenters. The molecule has 96 valence electrons. The predicted octanol–water partition coefficient (Wildman–Crippen LogP) is 3.21. The molecule has 0 saturated heterocycles. The molecule has 2 rings (SSSR count). The molecule has 1 aromatic carbocycles. The Morgan fingerprint density at radius 3 is 2.72 bits per heavy atom. The van der Waals surface area contributed by atoms with Crippen LogP contribution in [0.5, 0.6) is 5.75 Å². The summed E-state index contributed by atoms with van der Waals surface area (Å²) in [5, 5.41) is 0. The number of nitrogens with two attached hydrogens (primary N) is 1. The molecule has 0 fully saturated rings. The molecule has 0 aliphatic heterocycles. The molecule has 1 heterocycles. The molecule has 0 amide bonds. The van der Waals surface area contributed by atoms with Crippen molar-refractivity contribution in [1.82, 2.24) is 0 Å². The van der Waals surface area contributed by atoms with Gasteiger partial charge < -0.3 is 14.9 Å². The van der Waals surface area contributed by atoms with Crippen molar-refractivity contribution in [3.63, 3.8) is 0 Å². The second-order valence-electron chi connectivity index (χ2n) is 4.38. The van der Waals surface area contributed by atoms with Gasteiger partial charge in [0.1, 0.15) is 11.5 Å². The number of hydrogen-bond acceptors (Lipinski definition) is 3. The fraction of sp³-hybridized carbons (Fsp3) is 0.333. The second kappa shape index (κ2) is 5.27. The Balaban J connectivity index is 2.45. The summed E-state index contributed by atoms with van der Waals surface area (Å²) < 4.78 is 10.8. The maximum atomic E-state index is 6.34. The molecular weight excluding hydrogens is 226 g/mol. The van der Waals surface area contributed by atoms with E-state index in [0.717, 1.165) is 29.1 Å². The molecule has 0 saturated carbocycles. The molecule has 0 radical (unpaired) electrons. The molecule has 2 aromatic rings. The Morgan fingerprint density at radius 2 is 2.06 bits per heavy atom. The summed E-state index contributed by atoms with van der Waals surface area (Å²) >= 11 is 0. The zero-order chi connectivity index (χ0) is 13.1. The van der Waals surface area contributed by atoms with Gasteiger partial charge in [0.05, 0.1) is 19.4 Å². The van der Waals surface area contributed by atoms with Crippen LogP contribution in [0.25, 0.3) is 0 Å². The van der Waals surface area contributed by atoms with Crippen molar-refractivity contribution in [3.8, 4) is 5.75 Å². The van der Waals surface area contributed by atoms with E-state index in [1.807, 2.05) is 25.1 Å². The van der Waals surface area contributed by atoms with Gasteiger partial charge in [-0.2, -0.15) is 0 Å². The standard InChI is InChI=1S/C15H19NO2/c1-4-13-11(7-8-18-13)15(16)12-9-10(2)5-6-14(12)17-3/h5-9,15H,4,16H2,1-3H3. The van der Waals surface area contributed by atoms with Gasteiger partial charge in [0.25, 0.3) is 0 Å². The van der Waals surface area contributed by atoms with Crippen LogP contribution in [0, 0.1) is 6.92 Å². The zero-order valence-electron chi connectivity index (χ0n) is 11.1. The first kappa shape index (κ1) is 12.7. The molecule has 3 heteroatoms. The van der Waals surface area contributed by atoms with E-state index in [1.165, 1.54) is 5.56 Å². The lowest BCUT2D eigenvalue weighted by atomic mass is 9.97. The van der Waals surface area contributed by atoms with Crippen molar-refractivity contribution in [1.29, 1.82) is 0 Å². The Hall–Kier alpha value is -1.74. The molecule has 0 aliphatic rings. The SMILES string of the molecule is CCc1occc1C(N)c1cc(C)ccc1OC. The maximum Gasteiger partial charge on any atom is 0.123 e. The summed E-state index contributed by atoms with van der Waals surface area (Å²) in [7, 11) is 1.66. The lowest BCUT2D eigenvalue weighted by Crippen LogP contribution is -2.14. The molecule has 1 aromatic heterocycles. The van der Waals surface area contributed by atoms with E-state index in [-0.39, 0.29) is 6.04 Å². The number of ether oxygens (including phenoxy) is 1. The molecular formula is C15H19NO2. The summed E-state index contributed by atoms with van der Waals surface area (Å²) in [5.74, 6) is 1.75. The van der Waals surface area contributed by atoms with Crippen LogP contribution in [0.4, 0.5) is 0 Å². The predicted molar refractivity (Wildman–Crippen MR) is 71.8 cm³/mol. The number of benzene rings is 1. The number of aryl methyl sites for hydroxylation is 2. The summed E-state index contributed by atoms with van der Waals surface area (Å²) in [6.45, 7) is 4.11. The summed E-state index contributed by atoms with van der Waals surface area (Å²) in [4.78, 5) is 0. The summed E-state index contributed by atoms with van der Waals surface area (Å²) in [6, 6.07) is 7.76. The van der Waals surface area contributed by atoms with E-state index in [0.29, 0.717) is 0 Å². The van der Waals surface area contributed by atoms with Crippen LogP contribution < -0.4 is 10.5 Å². The van der Waals surface area contributed by atoms with Crippen molar-refractivity contribution in [3.05, 3.63) is 53.0 Å². The smallest absolute Gasteiger partial charge is 0.123 e. The van der Waals surface area contributed by atoms with E-state index in [2.05, 4.69) is 13.0 Å². The Morgan fingerprint density at radius 1 is 1.28 bits per heavy atom. The number of methoxy groups -OCH3 is 1. The Labute approximate surface area is 108 Å². The van der Waals surface area contributed by atoms with Crippen LogP contribution in [0.2, 0.25) is 0 Å². The van der Waals surface area contributed by atoms with Crippen LogP contribution in [-0.4, -0.2) is 7.11 Å². The molecule has 0 spiro atoms. The average Bonchev–Trinajstić information content (AvgIpc) is 2.86. The van der Waals surface area contributed by atoms with Crippen molar-refractivity contribution in [2.75, 3.05) is 7.11 Å². The van der Waals surface area contributed by atoms with Gasteiger partial charge in [0, 0.05) is 17.5 Å². The van der Waals surface area contributed by atoms with Gasteiger partial charge in [-0.1, -0.05) is 24.6 Å². The van der Waals surface area contributed by atoms with E-state index in [4.69, 9.17) is 14.9 Å². The molecule has 2 N–H and O–H groups in total. The Kier molecular flexibility index (Phi) is 3.72. The monoisotopic (exact) mass is 245 g/mol. The Bertz CT molecular complexity index is 531. The second-order valence-corrected chi connectivity index (χ2v) is 4.38. The minimum Gasteiger partial charge on any atom is -0.496 e. The minimum absolute atomic E-state index is 0.214. The highest BCUT2D eigenvalue weighted by Crippen LogP contribution is 2.31. The fourth-order valence-electron chi connectivity index (χ4n) is 2.18. The number of furan rings is 1. The van der Waals surface area contributed by atoms with E-state index in [9.17, 15) is 0 Å². The van der Waals surface area contributed by atoms with Crippen molar-refractivity contribution in [2.24, 2.45) is 5.73 Å². The summed E-state index contributed by atoms with van der Waals surface area (Å²) in [6.07, 6.45) is 2.53. The van der Waals surface area contributed by atoms with E-state index < -0.39 is 0 Å². The van der Waals surface area contributed by atoms with Gasteiger partial charge in [-0.05, 0) is 19.1 Å². The maximum absolute atomic E-state index is 6.34. The van der Waals surface area contributed by atoms with Crippen molar-refractivity contribution in [2.45, 2.75) is 26.3 Å². The largest absolute Gasteiger partial charge is 0.496 e. The number of hydrogen-bond donors (Lipinski definition) is 1. The van der Waals surface area contributed by atoms with Gasteiger partial charge in [0.2, 0.25) is 0 Å². The molecule has 0 aliphatic carbocycles. The van der Waals surface area contributed by atoms with Crippen LogP contribution in [0.15, 0.2) is 34.9 Å². The van der Waals surface area contributed by atoms with Gasteiger partial charge in [-0.15, -0.1) is 0 Å². The van der Waals surface area contributed by atoms with Gasteiger partial charge >= 0.3 is 0 Å². The molecule has 1 atom stereocenters. The third-order valence-electron chi connectivity index (χ3n) is 3.16. The fourth-order valence-corrected chi connectivity index (χ4v) is 2.18. The van der Waals surface area contributed by atoms with Crippen LogP contribution in [-0.2, 0) is 6.42 Å². The summed E-state index contributed by atoms with van der Waals surface area (Å²) in [5.41, 5.74) is 9.53. The highest BCUT2D eigenvalue weighted by atomic mass is 16.5. The lowest BCUT2D eigenvalue weighted by molar-refractivity contribution is 0.407. The molecule has 3 nitrogen and oxygen atoms in total. The van der Waals surface area contributed by atoms with Gasteiger partial charge in [-0.3, -0.25) is 0 Å². The molecule has 18 heavy (non-hydrogen) atoms. The third kappa shape index (κ3) is 2.27. The highest BCUT2D eigenvalue weighted by molar-refractivity contribution is 5.44. The first-order valence-electron chi connectivity index (χ1n) is 6.13. The van der Waals surface area contributed by atoms with Crippen molar-refractivity contribution < 1.29 is 9.15 Å². The van der Waals surface area contributed by atoms with Crippen molar-refractivity contribution >= 4 is 0 Å². The van der Waals surface area contributed by atoms with Crippen LogP contribution in [0.1, 0.15) is 35.4 Å². The normalized spacial score (nSPS) is 12.4. The first-order chi connectivity index (χ1) is 8.67.